The maximum atomic E-state index is 3.48. The standard InChI is InChI=1S/C11H24N2/c1-4-8-13(11-6-7-11)9-10(3)12-5-2/h10-12H,4-9H2,1-3H3. The Balaban J connectivity index is 2.20. The zero-order valence-corrected chi connectivity index (χ0v) is 9.34. The van der Waals surface area contributed by atoms with Crippen molar-refractivity contribution < 1.29 is 0 Å². The van der Waals surface area contributed by atoms with E-state index in [9.17, 15) is 0 Å². The van der Waals surface area contributed by atoms with Gasteiger partial charge in [0.05, 0.1) is 0 Å². The van der Waals surface area contributed by atoms with Gasteiger partial charge in [0.1, 0.15) is 0 Å². The van der Waals surface area contributed by atoms with Crippen LogP contribution in [0.5, 0.6) is 0 Å². The molecule has 0 amide bonds. The van der Waals surface area contributed by atoms with Crippen molar-refractivity contribution in [3.05, 3.63) is 0 Å². The second kappa shape index (κ2) is 5.61. The summed E-state index contributed by atoms with van der Waals surface area (Å²) in [5, 5.41) is 3.48. The summed E-state index contributed by atoms with van der Waals surface area (Å²) >= 11 is 0. The predicted molar refractivity (Wildman–Crippen MR) is 58.0 cm³/mol. The third-order valence-corrected chi connectivity index (χ3v) is 2.64. The van der Waals surface area contributed by atoms with Crippen LogP contribution in [0.25, 0.3) is 0 Å². The molecule has 1 rings (SSSR count). The highest BCUT2D eigenvalue weighted by molar-refractivity contribution is 4.85. The van der Waals surface area contributed by atoms with Gasteiger partial charge >= 0.3 is 0 Å². The number of hydrogen-bond acceptors (Lipinski definition) is 2. The highest BCUT2D eigenvalue weighted by Crippen LogP contribution is 2.26. The molecule has 0 aromatic heterocycles. The van der Waals surface area contributed by atoms with Gasteiger partial charge in [0.15, 0.2) is 0 Å². The lowest BCUT2D eigenvalue weighted by Crippen LogP contribution is -2.40. The molecule has 0 bridgehead atoms. The average Bonchev–Trinajstić information content (AvgIpc) is 2.86. The van der Waals surface area contributed by atoms with E-state index in [0.717, 1.165) is 12.6 Å². The summed E-state index contributed by atoms with van der Waals surface area (Å²) in [5.74, 6) is 0. The maximum absolute atomic E-state index is 3.48. The molecular weight excluding hydrogens is 160 g/mol. The molecular formula is C11H24N2. The lowest BCUT2D eigenvalue weighted by Gasteiger charge is -2.25. The van der Waals surface area contributed by atoms with Crippen LogP contribution in [0.15, 0.2) is 0 Å². The fourth-order valence-electron chi connectivity index (χ4n) is 1.91. The van der Waals surface area contributed by atoms with Crippen LogP contribution in [-0.2, 0) is 0 Å². The van der Waals surface area contributed by atoms with Crippen LogP contribution >= 0.6 is 0 Å². The average molecular weight is 184 g/mol. The molecule has 0 spiro atoms. The molecule has 1 fully saturated rings. The van der Waals surface area contributed by atoms with E-state index in [1.807, 2.05) is 0 Å². The molecule has 1 aliphatic carbocycles. The van der Waals surface area contributed by atoms with E-state index in [4.69, 9.17) is 0 Å². The van der Waals surface area contributed by atoms with Gasteiger partial charge < -0.3 is 5.32 Å². The summed E-state index contributed by atoms with van der Waals surface area (Å²) in [4.78, 5) is 2.65. The van der Waals surface area contributed by atoms with Crippen molar-refractivity contribution in [3.63, 3.8) is 0 Å². The molecule has 1 atom stereocenters. The molecule has 78 valence electrons. The Morgan fingerprint density at radius 2 is 2.08 bits per heavy atom. The molecule has 1 saturated carbocycles. The van der Waals surface area contributed by atoms with Crippen molar-refractivity contribution >= 4 is 0 Å². The molecule has 2 heteroatoms. The molecule has 1 unspecified atom stereocenters. The van der Waals surface area contributed by atoms with Crippen LogP contribution in [0, 0.1) is 0 Å². The second-order valence-corrected chi connectivity index (χ2v) is 4.18. The number of hydrogen-bond donors (Lipinski definition) is 1. The maximum Gasteiger partial charge on any atom is 0.0166 e. The van der Waals surface area contributed by atoms with Gasteiger partial charge in [0, 0.05) is 18.6 Å². The topological polar surface area (TPSA) is 15.3 Å². The molecule has 0 heterocycles. The molecule has 1 aliphatic rings. The molecule has 13 heavy (non-hydrogen) atoms. The minimum atomic E-state index is 0.650. The Hall–Kier alpha value is -0.0800. The van der Waals surface area contributed by atoms with Gasteiger partial charge in [0.2, 0.25) is 0 Å². The first-order chi connectivity index (χ1) is 6.27. The molecule has 0 aromatic carbocycles. The number of nitrogens with zero attached hydrogens (tertiary/aromatic N) is 1. The highest BCUT2D eigenvalue weighted by Gasteiger charge is 2.28. The van der Waals surface area contributed by atoms with Gasteiger partial charge in [-0.25, -0.2) is 0 Å². The van der Waals surface area contributed by atoms with Crippen molar-refractivity contribution in [2.45, 2.75) is 52.1 Å². The van der Waals surface area contributed by atoms with E-state index < -0.39 is 0 Å². The van der Waals surface area contributed by atoms with Crippen LogP contribution < -0.4 is 5.32 Å². The third-order valence-electron chi connectivity index (χ3n) is 2.64. The Bertz CT molecular complexity index is 132. The normalized spacial score (nSPS) is 19.4. The summed E-state index contributed by atoms with van der Waals surface area (Å²) in [6.07, 6.45) is 4.15. The summed E-state index contributed by atoms with van der Waals surface area (Å²) < 4.78 is 0. The molecule has 1 N–H and O–H groups in total. The Morgan fingerprint density at radius 3 is 2.54 bits per heavy atom. The van der Waals surface area contributed by atoms with Gasteiger partial charge in [-0.2, -0.15) is 0 Å². The van der Waals surface area contributed by atoms with E-state index >= 15 is 0 Å². The predicted octanol–water partition coefficient (Wildman–Crippen LogP) is 1.86. The first-order valence-electron chi connectivity index (χ1n) is 5.75. The number of rotatable bonds is 7. The summed E-state index contributed by atoms with van der Waals surface area (Å²) in [5.41, 5.74) is 0. The minimum Gasteiger partial charge on any atom is -0.313 e. The molecule has 0 aromatic rings. The molecule has 2 nitrogen and oxygen atoms in total. The molecule has 0 radical (unpaired) electrons. The largest absolute Gasteiger partial charge is 0.313 e. The van der Waals surface area contributed by atoms with Crippen LogP contribution in [0.1, 0.15) is 40.0 Å². The van der Waals surface area contributed by atoms with E-state index in [2.05, 4.69) is 31.0 Å². The zero-order valence-electron chi connectivity index (χ0n) is 9.34. The Kier molecular flexibility index (Phi) is 4.74. The van der Waals surface area contributed by atoms with Gasteiger partial charge in [-0.3, -0.25) is 4.90 Å². The SMILES string of the molecule is CCCN(CC(C)NCC)C1CC1. The van der Waals surface area contributed by atoms with E-state index in [-0.39, 0.29) is 0 Å². The Labute approximate surface area is 82.7 Å². The van der Waals surface area contributed by atoms with Crippen molar-refractivity contribution in [2.24, 2.45) is 0 Å². The number of likely N-dealkylation sites (N-methyl/N-ethyl adjacent to an activating group) is 1. The van der Waals surface area contributed by atoms with Crippen LogP contribution in [0.2, 0.25) is 0 Å². The first-order valence-corrected chi connectivity index (χ1v) is 5.75. The van der Waals surface area contributed by atoms with Crippen molar-refractivity contribution in [1.29, 1.82) is 0 Å². The number of nitrogens with one attached hydrogen (secondary N) is 1. The zero-order chi connectivity index (χ0) is 9.68. The van der Waals surface area contributed by atoms with Gasteiger partial charge in [-0.15, -0.1) is 0 Å². The minimum absolute atomic E-state index is 0.650. The van der Waals surface area contributed by atoms with Crippen LogP contribution in [0.3, 0.4) is 0 Å². The monoisotopic (exact) mass is 184 g/mol. The molecule has 0 aliphatic heterocycles. The smallest absolute Gasteiger partial charge is 0.0166 e. The van der Waals surface area contributed by atoms with E-state index in [0.29, 0.717) is 6.04 Å². The van der Waals surface area contributed by atoms with Crippen molar-refractivity contribution in [2.75, 3.05) is 19.6 Å². The second-order valence-electron chi connectivity index (χ2n) is 4.18. The Morgan fingerprint density at radius 1 is 1.38 bits per heavy atom. The lowest BCUT2D eigenvalue weighted by atomic mass is 10.3. The third kappa shape index (κ3) is 4.10. The van der Waals surface area contributed by atoms with Gasteiger partial charge in [-0.05, 0) is 39.3 Å². The van der Waals surface area contributed by atoms with Crippen LogP contribution in [0.4, 0.5) is 0 Å². The quantitative estimate of drug-likeness (QED) is 0.649. The van der Waals surface area contributed by atoms with Crippen molar-refractivity contribution in [3.8, 4) is 0 Å². The summed E-state index contributed by atoms with van der Waals surface area (Å²) in [6, 6.07) is 1.57. The molecule has 0 saturated heterocycles. The van der Waals surface area contributed by atoms with Gasteiger partial charge in [0.25, 0.3) is 0 Å². The fourth-order valence-corrected chi connectivity index (χ4v) is 1.91. The lowest BCUT2D eigenvalue weighted by molar-refractivity contribution is 0.239. The summed E-state index contributed by atoms with van der Waals surface area (Å²) in [6.45, 7) is 10.3. The fraction of sp³-hybridized carbons (Fsp3) is 1.00. The van der Waals surface area contributed by atoms with E-state index in [1.165, 1.54) is 32.4 Å². The summed E-state index contributed by atoms with van der Waals surface area (Å²) in [7, 11) is 0. The van der Waals surface area contributed by atoms with Crippen molar-refractivity contribution in [1.82, 2.24) is 10.2 Å². The van der Waals surface area contributed by atoms with Gasteiger partial charge in [-0.1, -0.05) is 13.8 Å². The van der Waals surface area contributed by atoms with Crippen LogP contribution in [-0.4, -0.2) is 36.6 Å². The van der Waals surface area contributed by atoms with E-state index in [1.54, 1.807) is 0 Å². The first kappa shape index (κ1) is 11.0. The highest BCUT2D eigenvalue weighted by atomic mass is 15.2.